The number of hydrogen-bond acceptors (Lipinski definition) is 1. The molecule has 1 aromatic heterocycles. The summed E-state index contributed by atoms with van der Waals surface area (Å²) in [5, 5.41) is 4.32. The molecule has 0 aromatic carbocycles. The van der Waals surface area contributed by atoms with Crippen LogP contribution in [0.3, 0.4) is 0 Å². The van der Waals surface area contributed by atoms with Gasteiger partial charge >= 0.3 is 0 Å². The van der Waals surface area contributed by atoms with E-state index in [1.807, 2.05) is 17.9 Å². The van der Waals surface area contributed by atoms with E-state index in [0.717, 1.165) is 0 Å². The largest absolute Gasteiger partial charge is 0.274 e. The molecule has 10 heavy (non-hydrogen) atoms. The number of rotatable bonds is 1. The zero-order valence-corrected chi connectivity index (χ0v) is 8.58. The predicted octanol–water partition coefficient (Wildman–Crippen LogP) is 2.15. The topological polar surface area (TPSA) is 17.8 Å². The van der Waals surface area contributed by atoms with E-state index < -0.39 is 0 Å². The van der Waals surface area contributed by atoms with Gasteiger partial charge in [0, 0.05) is 13.2 Å². The quantitative estimate of drug-likeness (QED) is 0.698. The summed E-state index contributed by atoms with van der Waals surface area (Å²) in [4.78, 5) is 0. The lowest BCUT2D eigenvalue weighted by atomic mass is 10.1. The minimum absolute atomic E-state index is 0.535. The fourth-order valence-electron chi connectivity index (χ4n) is 0.868. The average Bonchev–Trinajstić information content (AvgIpc) is 2.10. The van der Waals surface area contributed by atoms with Gasteiger partial charge in [-0.3, -0.25) is 4.68 Å². The second-order valence-corrected chi connectivity index (χ2v) is 3.85. The van der Waals surface area contributed by atoms with Crippen molar-refractivity contribution in [3.8, 4) is 0 Å². The average molecular weight is 250 g/mol. The Hall–Kier alpha value is -0.0600. The first-order valence-electron chi connectivity index (χ1n) is 3.30. The summed E-state index contributed by atoms with van der Waals surface area (Å²) in [5.41, 5.74) is 1.20. The van der Waals surface area contributed by atoms with Crippen molar-refractivity contribution in [3.05, 3.63) is 15.5 Å². The third-order valence-corrected chi connectivity index (χ3v) is 2.19. The monoisotopic (exact) mass is 250 g/mol. The van der Waals surface area contributed by atoms with E-state index in [1.165, 1.54) is 9.26 Å². The number of aromatic nitrogens is 2. The Bertz CT molecular complexity index is 228. The van der Waals surface area contributed by atoms with Gasteiger partial charge in [-0.05, 0) is 28.5 Å². The first kappa shape index (κ1) is 8.04. The fraction of sp³-hybridized carbons (Fsp3) is 0.571. The number of nitrogens with zero attached hydrogens (tertiary/aromatic N) is 2. The molecule has 1 heterocycles. The van der Waals surface area contributed by atoms with Crippen molar-refractivity contribution in [2.75, 3.05) is 0 Å². The van der Waals surface area contributed by atoms with Gasteiger partial charge in [-0.2, -0.15) is 5.10 Å². The van der Waals surface area contributed by atoms with Crippen LogP contribution in [0.5, 0.6) is 0 Å². The Morgan fingerprint density at radius 3 is 2.40 bits per heavy atom. The molecule has 0 fully saturated rings. The number of aryl methyl sites for hydroxylation is 1. The van der Waals surface area contributed by atoms with Crippen LogP contribution in [0.25, 0.3) is 0 Å². The van der Waals surface area contributed by atoms with Crippen molar-refractivity contribution in [1.29, 1.82) is 0 Å². The summed E-state index contributed by atoms with van der Waals surface area (Å²) in [7, 11) is 1.95. The van der Waals surface area contributed by atoms with E-state index >= 15 is 0 Å². The molecule has 0 unspecified atom stereocenters. The molecule has 0 amide bonds. The molecular formula is C7H11IN2. The van der Waals surface area contributed by atoms with Crippen LogP contribution in [0.15, 0.2) is 6.20 Å². The summed E-state index contributed by atoms with van der Waals surface area (Å²) in [6, 6.07) is 0. The van der Waals surface area contributed by atoms with Gasteiger partial charge in [-0.15, -0.1) is 0 Å². The van der Waals surface area contributed by atoms with Gasteiger partial charge in [0.25, 0.3) is 0 Å². The second kappa shape index (κ2) is 2.90. The Kier molecular flexibility index (Phi) is 2.33. The highest BCUT2D eigenvalue weighted by atomic mass is 127. The second-order valence-electron chi connectivity index (χ2n) is 2.69. The van der Waals surface area contributed by atoms with Gasteiger partial charge in [0.05, 0.1) is 9.26 Å². The van der Waals surface area contributed by atoms with Gasteiger partial charge in [0.1, 0.15) is 0 Å². The lowest BCUT2D eigenvalue weighted by molar-refractivity contribution is 0.712. The van der Waals surface area contributed by atoms with E-state index in [1.54, 1.807) is 0 Å². The Morgan fingerprint density at radius 2 is 2.20 bits per heavy atom. The zero-order valence-electron chi connectivity index (χ0n) is 6.43. The third-order valence-electron chi connectivity index (χ3n) is 1.36. The van der Waals surface area contributed by atoms with Crippen LogP contribution in [0, 0.1) is 3.57 Å². The maximum Gasteiger partial charge on any atom is 0.0783 e. The molecule has 0 atom stereocenters. The normalized spacial score (nSPS) is 10.9. The first-order valence-corrected chi connectivity index (χ1v) is 4.38. The minimum Gasteiger partial charge on any atom is -0.274 e. The molecule has 0 aliphatic heterocycles. The zero-order chi connectivity index (χ0) is 7.72. The van der Waals surface area contributed by atoms with Gasteiger partial charge < -0.3 is 0 Å². The van der Waals surface area contributed by atoms with Crippen molar-refractivity contribution in [2.24, 2.45) is 7.05 Å². The van der Waals surface area contributed by atoms with E-state index in [0.29, 0.717) is 5.92 Å². The molecule has 56 valence electrons. The van der Waals surface area contributed by atoms with E-state index in [4.69, 9.17) is 0 Å². The van der Waals surface area contributed by atoms with Gasteiger partial charge in [-0.25, -0.2) is 0 Å². The molecule has 0 radical (unpaired) electrons. The molecule has 0 aliphatic rings. The minimum atomic E-state index is 0.535. The molecule has 0 N–H and O–H groups in total. The summed E-state index contributed by atoms with van der Waals surface area (Å²) in [6.45, 7) is 4.31. The van der Waals surface area contributed by atoms with Crippen LogP contribution < -0.4 is 0 Å². The Labute approximate surface area is 74.8 Å². The van der Waals surface area contributed by atoms with Gasteiger partial charge in [0.2, 0.25) is 0 Å². The molecule has 0 saturated heterocycles. The summed E-state index contributed by atoms with van der Waals surface area (Å²) >= 11 is 2.31. The highest BCUT2D eigenvalue weighted by Gasteiger charge is 2.07. The highest BCUT2D eigenvalue weighted by molar-refractivity contribution is 14.1. The smallest absolute Gasteiger partial charge is 0.0783 e. The molecule has 0 aliphatic carbocycles. The lowest BCUT2D eigenvalue weighted by Gasteiger charge is -1.98. The summed E-state index contributed by atoms with van der Waals surface area (Å²) in [5.74, 6) is 0.535. The summed E-state index contributed by atoms with van der Waals surface area (Å²) in [6.07, 6.45) is 2.04. The third kappa shape index (κ3) is 1.51. The van der Waals surface area contributed by atoms with Crippen LogP contribution in [0.1, 0.15) is 25.5 Å². The van der Waals surface area contributed by atoms with Crippen molar-refractivity contribution in [2.45, 2.75) is 19.8 Å². The molecule has 2 nitrogen and oxygen atoms in total. The molecule has 3 heteroatoms. The molecular weight excluding hydrogens is 239 g/mol. The fourth-order valence-corrected chi connectivity index (χ4v) is 2.00. The van der Waals surface area contributed by atoms with E-state index in [9.17, 15) is 0 Å². The highest BCUT2D eigenvalue weighted by Crippen LogP contribution is 2.18. The molecule has 0 bridgehead atoms. The van der Waals surface area contributed by atoms with Crippen molar-refractivity contribution in [3.63, 3.8) is 0 Å². The van der Waals surface area contributed by atoms with Crippen LogP contribution >= 0.6 is 22.6 Å². The van der Waals surface area contributed by atoms with Crippen LogP contribution in [-0.2, 0) is 7.05 Å². The van der Waals surface area contributed by atoms with Crippen molar-refractivity contribution in [1.82, 2.24) is 9.78 Å². The predicted molar refractivity (Wildman–Crippen MR) is 50.0 cm³/mol. The van der Waals surface area contributed by atoms with Crippen LogP contribution in [0.2, 0.25) is 0 Å². The van der Waals surface area contributed by atoms with E-state index in [-0.39, 0.29) is 0 Å². The van der Waals surface area contributed by atoms with Crippen molar-refractivity contribution < 1.29 is 0 Å². The molecule has 1 aromatic rings. The molecule has 1 rings (SSSR count). The lowest BCUT2D eigenvalue weighted by Crippen LogP contribution is -1.93. The van der Waals surface area contributed by atoms with Crippen LogP contribution in [-0.4, -0.2) is 9.78 Å². The standard InChI is InChI=1S/C7H11IN2/c1-5(2)7-6(8)4-10(3)9-7/h4-5H,1-3H3. The molecule has 0 spiro atoms. The SMILES string of the molecule is CC(C)c1nn(C)cc1I. The number of halogens is 1. The van der Waals surface area contributed by atoms with Crippen LogP contribution in [0.4, 0.5) is 0 Å². The first-order chi connectivity index (χ1) is 4.61. The van der Waals surface area contributed by atoms with Crippen molar-refractivity contribution >= 4 is 22.6 Å². The maximum absolute atomic E-state index is 4.32. The van der Waals surface area contributed by atoms with Gasteiger partial charge in [0.15, 0.2) is 0 Å². The maximum atomic E-state index is 4.32. The number of hydrogen-bond donors (Lipinski definition) is 0. The Morgan fingerprint density at radius 1 is 1.60 bits per heavy atom. The Balaban J connectivity index is 3.03. The summed E-state index contributed by atoms with van der Waals surface area (Å²) < 4.78 is 3.12. The molecule has 0 saturated carbocycles. The van der Waals surface area contributed by atoms with Gasteiger partial charge in [-0.1, -0.05) is 13.8 Å². The van der Waals surface area contributed by atoms with E-state index in [2.05, 4.69) is 41.5 Å².